The Bertz CT molecular complexity index is 598. The Morgan fingerprint density at radius 3 is 2.10 bits per heavy atom. The summed E-state index contributed by atoms with van der Waals surface area (Å²) < 4.78 is 6.88. The van der Waals surface area contributed by atoms with Crippen molar-refractivity contribution in [1.82, 2.24) is 0 Å². The minimum Gasteiger partial charge on any atom is -0.488 e. The fourth-order valence-electron chi connectivity index (χ4n) is 2.01. The van der Waals surface area contributed by atoms with Crippen LogP contribution in [0.3, 0.4) is 0 Å². The summed E-state index contributed by atoms with van der Waals surface area (Å²) in [5.74, 6) is 0.875. The van der Waals surface area contributed by atoms with E-state index in [1.807, 2.05) is 6.07 Å². The molecule has 21 heavy (non-hydrogen) atoms. The molecule has 0 spiro atoms. The summed E-state index contributed by atoms with van der Waals surface area (Å²) >= 11 is 7.01. The fourth-order valence-corrected chi connectivity index (χ4v) is 2.90. The van der Waals surface area contributed by atoms with Crippen LogP contribution in [0.5, 0.6) is 5.75 Å². The smallest absolute Gasteiger partial charge is 0.134 e. The Morgan fingerprint density at radius 2 is 1.57 bits per heavy atom. The van der Waals surface area contributed by atoms with E-state index < -0.39 is 0 Å². The number of rotatable bonds is 4. The largest absolute Gasteiger partial charge is 0.488 e. The Hall–Kier alpha value is -0.800. The van der Waals surface area contributed by atoms with Crippen LogP contribution in [0.2, 0.25) is 0 Å². The van der Waals surface area contributed by atoms with E-state index in [1.54, 1.807) is 0 Å². The molecule has 0 fully saturated rings. The standard InChI is InChI=1S/C18H20Br2O/c1-18(2,3)15-7-4-13(5-8-15)12-21-17-9-6-14(11-19)10-16(17)20/h4-10H,11-12H2,1-3H3. The van der Waals surface area contributed by atoms with E-state index in [0.717, 1.165) is 15.6 Å². The van der Waals surface area contributed by atoms with Crippen LogP contribution in [0.25, 0.3) is 0 Å². The monoisotopic (exact) mass is 410 g/mol. The van der Waals surface area contributed by atoms with Crippen molar-refractivity contribution in [2.24, 2.45) is 0 Å². The van der Waals surface area contributed by atoms with Gasteiger partial charge in [0.05, 0.1) is 4.47 Å². The van der Waals surface area contributed by atoms with Crippen molar-refractivity contribution in [3.63, 3.8) is 0 Å². The lowest BCUT2D eigenvalue weighted by molar-refractivity contribution is 0.304. The van der Waals surface area contributed by atoms with Gasteiger partial charge < -0.3 is 4.74 Å². The minimum atomic E-state index is 0.188. The van der Waals surface area contributed by atoms with E-state index in [1.165, 1.54) is 16.7 Å². The molecule has 0 N–H and O–H groups in total. The maximum Gasteiger partial charge on any atom is 0.134 e. The molecule has 0 saturated heterocycles. The number of halogens is 2. The van der Waals surface area contributed by atoms with Crippen LogP contribution >= 0.6 is 31.9 Å². The maximum atomic E-state index is 5.89. The molecule has 112 valence electrons. The van der Waals surface area contributed by atoms with E-state index in [4.69, 9.17) is 4.74 Å². The van der Waals surface area contributed by atoms with Gasteiger partial charge in [0, 0.05) is 5.33 Å². The van der Waals surface area contributed by atoms with Crippen LogP contribution in [0.1, 0.15) is 37.5 Å². The molecule has 2 aromatic carbocycles. The molecule has 0 aliphatic carbocycles. The van der Waals surface area contributed by atoms with E-state index in [-0.39, 0.29) is 5.41 Å². The molecule has 2 rings (SSSR count). The van der Waals surface area contributed by atoms with Crippen LogP contribution in [-0.4, -0.2) is 0 Å². The average molecular weight is 412 g/mol. The normalized spacial score (nSPS) is 11.5. The number of ether oxygens (including phenoxy) is 1. The molecule has 0 bridgehead atoms. The molecule has 2 aromatic rings. The van der Waals surface area contributed by atoms with Crippen molar-refractivity contribution in [3.8, 4) is 5.75 Å². The lowest BCUT2D eigenvalue weighted by Gasteiger charge is -2.19. The van der Waals surface area contributed by atoms with Crippen LogP contribution < -0.4 is 4.74 Å². The molecular weight excluding hydrogens is 392 g/mol. The van der Waals surface area contributed by atoms with Gasteiger partial charge in [-0.3, -0.25) is 0 Å². The second-order valence-electron chi connectivity index (χ2n) is 6.13. The lowest BCUT2D eigenvalue weighted by atomic mass is 9.87. The van der Waals surface area contributed by atoms with Crippen molar-refractivity contribution in [1.29, 1.82) is 0 Å². The number of hydrogen-bond donors (Lipinski definition) is 0. The molecule has 0 radical (unpaired) electrons. The summed E-state index contributed by atoms with van der Waals surface area (Å²) in [5.41, 5.74) is 3.94. The van der Waals surface area contributed by atoms with Crippen molar-refractivity contribution in [2.45, 2.75) is 38.1 Å². The summed E-state index contributed by atoms with van der Waals surface area (Å²) in [7, 11) is 0. The van der Waals surface area contributed by atoms with Gasteiger partial charge >= 0.3 is 0 Å². The maximum absolute atomic E-state index is 5.89. The predicted molar refractivity (Wildman–Crippen MR) is 96.2 cm³/mol. The zero-order valence-corrected chi connectivity index (χ0v) is 15.8. The molecule has 0 saturated carbocycles. The Kier molecular flexibility index (Phi) is 5.50. The SMILES string of the molecule is CC(C)(C)c1ccc(COc2ccc(CBr)cc2Br)cc1. The number of benzene rings is 2. The third kappa shape index (κ3) is 4.58. The zero-order valence-electron chi connectivity index (χ0n) is 12.6. The van der Waals surface area contributed by atoms with Crippen LogP contribution in [0.4, 0.5) is 0 Å². The highest BCUT2D eigenvalue weighted by Crippen LogP contribution is 2.28. The lowest BCUT2D eigenvalue weighted by Crippen LogP contribution is -2.10. The van der Waals surface area contributed by atoms with Gasteiger partial charge in [0.1, 0.15) is 12.4 Å². The second-order valence-corrected chi connectivity index (χ2v) is 7.55. The predicted octanol–water partition coefficient (Wildman–Crippen LogP) is 6.22. The molecule has 3 heteroatoms. The fraction of sp³-hybridized carbons (Fsp3) is 0.333. The third-order valence-electron chi connectivity index (χ3n) is 3.36. The summed E-state index contributed by atoms with van der Waals surface area (Å²) in [6.07, 6.45) is 0. The van der Waals surface area contributed by atoms with Gasteiger partial charge in [-0.25, -0.2) is 0 Å². The Labute approximate surface area is 144 Å². The minimum absolute atomic E-state index is 0.188. The van der Waals surface area contributed by atoms with Crippen LogP contribution in [-0.2, 0) is 17.4 Å². The Morgan fingerprint density at radius 1 is 0.952 bits per heavy atom. The average Bonchev–Trinajstić information content (AvgIpc) is 2.45. The molecule has 0 atom stereocenters. The first kappa shape index (κ1) is 16.6. The van der Waals surface area contributed by atoms with Crippen LogP contribution in [0, 0.1) is 0 Å². The first-order valence-electron chi connectivity index (χ1n) is 6.97. The van der Waals surface area contributed by atoms with Gasteiger partial charge in [-0.15, -0.1) is 0 Å². The first-order valence-corrected chi connectivity index (χ1v) is 8.88. The number of alkyl halides is 1. The number of hydrogen-bond acceptors (Lipinski definition) is 1. The third-order valence-corrected chi connectivity index (χ3v) is 4.63. The molecular formula is C18H20Br2O. The van der Waals surface area contributed by atoms with E-state index in [2.05, 4.69) is 89.0 Å². The van der Waals surface area contributed by atoms with Gasteiger partial charge in [0.15, 0.2) is 0 Å². The van der Waals surface area contributed by atoms with Crippen molar-refractivity contribution in [2.75, 3.05) is 0 Å². The van der Waals surface area contributed by atoms with E-state index in [0.29, 0.717) is 6.61 Å². The van der Waals surface area contributed by atoms with Gasteiger partial charge in [-0.1, -0.05) is 67.0 Å². The molecule has 0 heterocycles. The quantitative estimate of drug-likeness (QED) is 0.542. The van der Waals surface area contributed by atoms with Gasteiger partial charge in [0.25, 0.3) is 0 Å². The van der Waals surface area contributed by atoms with E-state index in [9.17, 15) is 0 Å². The summed E-state index contributed by atoms with van der Waals surface area (Å²) in [4.78, 5) is 0. The van der Waals surface area contributed by atoms with Gasteiger partial charge in [-0.05, 0) is 50.2 Å². The molecule has 1 nitrogen and oxygen atoms in total. The van der Waals surface area contributed by atoms with Crippen molar-refractivity contribution in [3.05, 3.63) is 63.6 Å². The highest BCUT2D eigenvalue weighted by Gasteiger charge is 2.12. The van der Waals surface area contributed by atoms with Crippen molar-refractivity contribution < 1.29 is 4.74 Å². The highest BCUT2D eigenvalue weighted by molar-refractivity contribution is 9.10. The van der Waals surface area contributed by atoms with Gasteiger partial charge in [0.2, 0.25) is 0 Å². The van der Waals surface area contributed by atoms with E-state index >= 15 is 0 Å². The van der Waals surface area contributed by atoms with Crippen molar-refractivity contribution >= 4 is 31.9 Å². The molecule has 0 aliphatic rings. The molecule has 0 unspecified atom stereocenters. The molecule has 0 aliphatic heterocycles. The first-order chi connectivity index (χ1) is 9.90. The molecule has 0 aromatic heterocycles. The Balaban J connectivity index is 2.03. The summed E-state index contributed by atoms with van der Waals surface area (Å²) in [6.45, 7) is 7.25. The highest BCUT2D eigenvalue weighted by atomic mass is 79.9. The van der Waals surface area contributed by atoms with Gasteiger partial charge in [-0.2, -0.15) is 0 Å². The topological polar surface area (TPSA) is 9.23 Å². The second kappa shape index (κ2) is 6.97. The summed E-state index contributed by atoms with van der Waals surface area (Å²) in [6, 6.07) is 14.8. The van der Waals surface area contributed by atoms with Crippen LogP contribution in [0.15, 0.2) is 46.9 Å². The zero-order chi connectivity index (χ0) is 15.5. The molecule has 0 amide bonds. The summed E-state index contributed by atoms with van der Waals surface area (Å²) in [5, 5.41) is 0.847.